The number of pyridine rings is 1. The van der Waals surface area contributed by atoms with Gasteiger partial charge in [-0.2, -0.15) is 4.72 Å². The third-order valence-corrected chi connectivity index (χ3v) is 6.03. The van der Waals surface area contributed by atoms with Crippen molar-refractivity contribution in [1.29, 1.82) is 0 Å². The van der Waals surface area contributed by atoms with Crippen LogP contribution in [-0.2, 0) is 15.6 Å². The molecule has 6 nitrogen and oxygen atoms in total. The number of hydrogen-bond acceptors (Lipinski definition) is 5. The molecule has 0 radical (unpaired) electrons. The van der Waals surface area contributed by atoms with Gasteiger partial charge in [-0.15, -0.1) is 0 Å². The lowest BCUT2D eigenvalue weighted by Gasteiger charge is -2.30. The highest BCUT2D eigenvalue weighted by Gasteiger charge is 2.39. The molecule has 1 aliphatic rings. The molecule has 0 saturated carbocycles. The molecular formula is C18H22ClN3O3S. The average Bonchev–Trinajstić information content (AvgIpc) is 3.04. The lowest BCUT2D eigenvalue weighted by molar-refractivity contribution is 0.232. The van der Waals surface area contributed by atoms with Gasteiger partial charge in [0.2, 0.25) is 15.9 Å². The summed E-state index contributed by atoms with van der Waals surface area (Å²) in [6.07, 6.45) is 1.94. The Bertz CT molecular complexity index is 846. The number of aromatic nitrogens is 1. The van der Waals surface area contributed by atoms with E-state index in [0.717, 1.165) is 12.1 Å². The van der Waals surface area contributed by atoms with Crippen LogP contribution in [-0.4, -0.2) is 32.6 Å². The van der Waals surface area contributed by atoms with Gasteiger partial charge < -0.3 is 10.1 Å². The zero-order chi connectivity index (χ0) is 18.8. The molecule has 0 aliphatic carbocycles. The Morgan fingerprint density at radius 3 is 2.50 bits per heavy atom. The second-order valence-corrected chi connectivity index (χ2v) is 8.74. The van der Waals surface area contributed by atoms with Gasteiger partial charge in [-0.1, -0.05) is 23.7 Å². The average molecular weight is 396 g/mol. The summed E-state index contributed by atoms with van der Waals surface area (Å²) in [5.41, 5.74) is 0.166. The quantitative estimate of drug-likeness (QED) is 0.786. The number of sulfonamides is 1. The molecule has 0 spiro atoms. The normalized spacial score (nSPS) is 20.5. The largest absolute Gasteiger partial charge is 0.475 e. The summed E-state index contributed by atoms with van der Waals surface area (Å²) in [4.78, 5) is 4.20. The fourth-order valence-electron chi connectivity index (χ4n) is 3.01. The van der Waals surface area contributed by atoms with Crippen molar-refractivity contribution in [1.82, 2.24) is 15.0 Å². The maximum atomic E-state index is 12.9. The minimum atomic E-state index is -3.75. The maximum Gasteiger partial charge on any atom is 0.242 e. The predicted octanol–water partition coefficient (Wildman–Crippen LogP) is 2.69. The first kappa shape index (κ1) is 19.1. The van der Waals surface area contributed by atoms with Crippen LogP contribution in [0, 0.1) is 0 Å². The summed E-state index contributed by atoms with van der Waals surface area (Å²) in [6.45, 7) is 5.01. The van der Waals surface area contributed by atoms with Crippen molar-refractivity contribution in [3.63, 3.8) is 0 Å². The Hall–Kier alpha value is -1.67. The first-order chi connectivity index (χ1) is 12.3. The number of nitrogens with zero attached hydrogens (tertiary/aromatic N) is 1. The molecule has 0 bridgehead atoms. The van der Waals surface area contributed by atoms with Crippen molar-refractivity contribution in [2.24, 2.45) is 0 Å². The first-order valence-electron chi connectivity index (χ1n) is 8.44. The van der Waals surface area contributed by atoms with Crippen molar-refractivity contribution in [2.45, 2.75) is 36.8 Å². The molecule has 1 aliphatic heterocycles. The third kappa shape index (κ3) is 4.17. The van der Waals surface area contributed by atoms with Crippen LogP contribution in [0.5, 0.6) is 5.88 Å². The van der Waals surface area contributed by atoms with E-state index in [2.05, 4.69) is 15.0 Å². The second-order valence-electron chi connectivity index (χ2n) is 6.62. The molecule has 8 heteroatoms. The summed E-state index contributed by atoms with van der Waals surface area (Å²) in [5, 5.41) is 3.85. The SMILES string of the molecule is CC(C)Oc1ccc(S(=O)(=O)N[C@]2(c3ccc(Cl)cc3)CCNC2)cn1. The molecule has 1 aromatic heterocycles. The van der Waals surface area contributed by atoms with Crippen LogP contribution in [0.4, 0.5) is 0 Å². The van der Waals surface area contributed by atoms with Crippen molar-refractivity contribution in [2.75, 3.05) is 13.1 Å². The third-order valence-electron chi connectivity index (χ3n) is 4.26. The molecule has 2 aromatic rings. The smallest absolute Gasteiger partial charge is 0.242 e. The van der Waals surface area contributed by atoms with Crippen LogP contribution in [0.15, 0.2) is 47.5 Å². The van der Waals surface area contributed by atoms with E-state index in [-0.39, 0.29) is 11.0 Å². The van der Waals surface area contributed by atoms with E-state index in [1.165, 1.54) is 12.3 Å². The Balaban J connectivity index is 1.87. The van der Waals surface area contributed by atoms with E-state index in [4.69, 9.17) is 16.3 Å². The molecule has 2 heterocycles. The van der Waals surface area contributed by atoms with Crippen molar-refractivity contribution < 1.29 is 13.2 Å². The predicted molar refractivity (Wildman–Crippen MR) is 101 cm³/mol. The number of hydrogen-bond donors (Lipinski definition) is 2. The molecule has 0 unspecified atom stereocenters. The fraction of sp³-hybridized carbons (Fsp3) is 0.389. The Labute approximate surface area is 159 Å². The first-order valence-corrected chi connectivity index (χ1v) is 10.3. The standard InChI is InChI=1S/C18H22ClN3O3S/c1-13(2)25-17-8-7-16(11-21-17)26(23,24)22-18(9-10-20-12-18)14-3-5-15(19)6-4-14/h3-8,11,13,20,22H,9-10,12H2,1-2H3/t18-/m1/s1. The number of ether oxygens (including phenoxy) is 1. The van der Waals surface area contributed by atoms with Crippen LogP contribution in [0.3, 0.4) is 0 Å². The highest BCUT2D eigenvalue weighted by molar-refractivity contribution is 7.89. The van der Waals surface area contributed by atoms with E-state index in [9.17, 15) is 8.42 Å². The van der Waals surface area contributed by atoms with E-state index < -0.39 is 15.6 Å². The summed E-state index contributed by atoms with van der Waals surface area (Å²) in [6, 6.07) is 10.3. The lowest BCUT2D eigenvalue weighted by Crippen LogP contribution is -2.47. The van der Waals surface area contributed by atoms with Gasteiger partial charge in [0.15, 0.2) is 0 Å². The summed E-state index contributed by atoms with van der Waals surface area (Å²) in [5.74, 6) is 0.397. The molecule has 1 atom stereocenters. The maximum absolute atomic E-state index is 12.9. The van der Waals surface area contributed by atoms with Gasteiger partial charge >= 0.3 is 0 Å². The molecule has 26 heavy (non-hydrogen) atoms. The van der Waals surface area contributed by atoms with Gasteiger partial charge in [0.05, 0.1) is 17.8 Å². The summed E-state index contributed by atoms with van der Waals surface area (Å²) < 4.78 is 34.2. The monoisotopic (exact) mass is 395 g/mol. The molecule has 2 N–H and O–H groups in total. The fourth-order valence-corrected chi connectivity index (χ4v) is 4.50. The van der Waals surface area contributed by atoms with Crippen LogP contribution in [0.2, 0.25) is 5.02 Å². The van der Waals surface area contributed by atoms with Crippen LogP contribution in [0.1, 0.15) is 25.8 Å². The van der Waals surface area contributed by atoms with Crippen molar-refractivity contribution in [3.05, 3.63) is 53.2 Å². The van der Waals surface area contributed by atoms with Gasteiger partial charge in [-0.25, -0.2) is 13.4 Å². The number of benzene rings is 1. The van der Waals surface area contributed by atoms with Crippen molar-refractivity contribution in [3.8, 4) is 5.88 Å². The van der Waals surface area contributed by atoms with Crippen LogP contribution < -0.4 is 14.8 Å². The van der Waals surface area contributed by atoms with Gasteiger partial charge in [0, 0.05) is 17.6 Å². The molecule has 1 saturated heterocycles. The zero-order valence-electron chi connectivity index (χ0n) is 14.7. The van der Waals surface area contributed by atoms with Gasteiger partial charge in [-0.3, -0.25) is 0 Å². The molecule has 140 valence electrons. The highest BCUT2D eigenvalue weighted by atomic mass is 35.5. The van der Waals surface area contributed by atoms with E-state index in [0.29, 0.717) is 23.9 Å². The molecule has 1 fully saturated rings. The Morgan fingerprint density at radius 1 is 1.23 bits per heavy atom. The molecule has 1 aromatic carbocycles. The van der Waals surface area contributed by atoms with Gasteiger partial charge in [-0.05, 0) is 50.6 Å². The van der Waals surface area contributed by atoms with Gasteiger partial charge in [0.1, 0.15) is 4.90 Å². The van der Waals surface area contributed by atoms with E-state index in [1.807, 2.05) is 26.0 Å². The number of halogens is 1. The van der Waals surface area contributed by atoms with Gasteiger partial charge in [0.25, 0.3) is 0 Å². The second kappa shape index (κ2) is 7.52. The minimum absolute atomic E-state index is 0.0270. The Kier molecular flexibility index (Phi) is 5.53. The number of nitrogens with one attached hydrogen (secondary N) is 2. The Morgan fingerprint density at radius 2 is 1.96 bits per heavy atom. The van der Waals surface area contributed by atoms with Crippen molar-refractivity contribution >= 4 is 21.6 Å². The molecule has 0 amide bonds. The number of rotatable bonds is 6. The summed E-state index contributed by atoms with van der Waals surface area (Å²) in [7, 11) is -3.75. The van der Waals surface area contributed by atoms with Crippen LogP contribution >= 0.6 is 11.6 Å². The van der Waals surface area contributed by atoms with Crippen LogP contribution in [0.25, 0.3) is 0 Å². The minimum Gasteiger partial charge on any atom is -0.475 e. The zero-order valence-corrected chi connectivity index (χ0v) is 16.3. The van der Waals surface area contributed by atoms with E-state index in [1.54, 1.807) is 18.2 Å². The molecular weight excluding hydrogens is 374 g/mol. The van der Waals surface area contributed by atoms with E-state index >= 15 is 0 Å². The highest BCUT2D eigenvalue weighted by Crippen LogP contribution is 2.31. The topological polar surface area (TPSA) is 80.3 Å². The molecule has 3 rings (SSSR count). The summed E-state index contributed by atoms with van der Waals surface area (Å²) >= 11 is 5.97. The lowest BCUT2D eigenvalue weighted by atomic mass is 9.90.